The molecule has 1 aromatic carbocycles. The van der Waals surface area contributed by atoms with E-state index in [0.717, 1.165) is 17.7 Å². The number of carbonyl (C=O) groups is 1. The lowest BCUT2D eigenvalue weighted by molar-refractivity contribution is -0.151. The SMILES string of the molecule is COc1ccc(CO[C@@H](C/C=C/COC(=O)C(C)(C)C)[C@@H](O)/C=C/[C@@H]2CC(C)=CCO2)cc1. The number of esters is 1. The Balaban J connectivity index is 1.95. The van der Waals surface area contributed by atoms with Crippen LogP contribution in [0.5, 0.6) is 5.75 Å². The minimum atomic E-state index is -0.806. The number of aliphatic hydroxyl groups is 1. The first kappa shape index (κ1) is 26.8. The zero-order valence-corrected chi connectivity index (χ0v) is 20.5. The van der Waals surface area contributed by atoms with E-state index in [2.05, 4.69) is 13.0 Å². The fraction of sp³-hybridized carbons (Fsp3) is 0.519. The standard InChI is InChI=1S/C27H38O6/c1-20-15-17-31-23(18-20)13-14-24(28)25(8-6-7-16-32-26(29)27(2,3)4)33-19-21-9-11-22(30-5)12-10-21/h6-7,9-15,23-25,28H,8,16-19H2,1-5H3/b7-6+,14-13+/t23-,24+,25+/m1/s1. The van der Waals surface area contributed by atoms with Gasteiger partial charge in [-0.15, -0.1) is 0 Å². The fourth-order valence-electron chi connectivity index (χ4n) is 3.13. The average molecular weight is 459 g/mol. The molecule has 0 amide bonds. The Kier molecular flexibility index (Phi) is 10.8. The van der Waals surface area contributed by atoms with Gasteiger partial charge in [-0.1, -0.05) is 48.1 Å². The van der Waals surface area contributed by atoms with E-state index in [1.165, 1.54) is 5.57 Å². The van der Waals surface area contributed by atoms with E-state index in [1.54, 1.807) is 19.3 Å². The van der Waals surface area contributed by atoms with E-state index in [9.17, 15) is 9.90 Å². The number of rotatable bonds is 11. The van der Waals surface area contributed by atoms with Crippen LogP contribution in [0.2, 0.25) is 0 Å². The van der Waals surface area contributed by atoms with Crippen molar-refractivity contribution in [3.63, 3.8) is 0 Å². The van der Waals surface area contributed by atoms with Gasteiger partial charge in [0.15, 0.2) is 0 Å². The van der Waals surface area contributed by atoms with Crippen molar-refractivity contribution in [3.8, 4) is 5.75 Å². The molecule has 0 aromatic heterocycles. The summed E-state index contributed by atoms with van der Waals surface area (Å²) in [6.07, 6.45) is 9.35. The molecule has 1 aliphatic rings. The zero-order valence-electron chi connectivity index (χ0n) is 20.5. The van der Waals surface area contributed by atoms with Crippen molar-refractivity contribution in [2.45, 2.75) is 65.5 Å². The zero-order chi connectivity index (χ0) is 24.3. The molecule has 1 aliphatic heterocycles. The molecule has 1 N–H and O–H groups in total. The Hall–Kier alpha value is -2.41. The van der Waals surface area contributed by atoms with E-state index in [0.29, 0.717) is 19.6 Å². The third-order valence-corrected chi connectivity index (χ3v) is 5.25. The summed E-state index contributed by atoms with van der Waals surface area (Å²) in [4.78, 5) is 11.9. The Morgan fingerprint density at radius 1 is 1.24 bits per heavy atom. The van der Waals surface area contributed by atoms with Gasteiger partial charge in [0, 0.05) is 0 Å². The summed E-state index contributed by atoms with van der Waals surface area (Å²) in [5, 5.41) is 10.8. The van der Waals surface area contributed by atoms with Crippen molar-refractivity contribution >= 4 is 5.97 Å². The van der Waals surface area contributed by atoms with Crippen LogP contribution in [0.15, 0.2) is 60.2 Å². The first-order chi connectivity index (χ1) is 15.7. The van der Waals surface area contributed by atoms with Gasteiger partial charge in [-0.05, 0) is 58.2 Å². The molecule has 6 nitrogen and oxygen atoms in total. The Labute approximate surface area is 197 Å². The van der Waals surface area contributed by atoms with Crippen molar-refractivity contribution in [1.82, 2.24) is 0 Å². The second-order valence-electron chi connectivity index (χ2n) is 9.25. The summed E-state index contributed by atoms with van der Waals surface area (Å²) in [6.45, 7) is 8.67. The molecule has 1 aromatic rings. The Bertz CT molecular complexity index is 816. The van der Waals surface area contributed by atoms with E-state index >= 15 is 0 Å². The maximum Gasteiger partial charge on any atom is 0.311 e. The molecule has 0 unspecified atom stereocenters. The van der Waals surface area contributed by atoms with Crippen LogP contribution in [0.25, 0.3) is 0 Å². The molecule has 6 heteroatoms. The summed E-state index contributed by atoms with van der Waals surface area (Å²) in [5.74, 6) is 0.530. The van der Waals surface area contributed by atoms with E-state index < -0.39 is 17.6 Å². The van der Waals surface area contributed by atoms with Crippen molar-refractivity contribution < 1.29 is 28.8 Å². The summed E-state index contributed by atoms with van der Waals surface area (Å²) in [6, 6.07) is 7.63. The molecule has 0 saturated heterocycles. The molecule has 2 rings (SSSR count). The minimum Gasteiger partial charge on any atom is -0.497 e. The second-order valence-corrected chi connectivity index (χ2v) is 9.25. The van der Waals surface area contributed by atoms with Crippen LogP contribution in [-0.2, 0) is 25.6 Å². The highest BCUT2D eigenvalue weighted by Crippen LogP contribution is 2.18. The highest BCUT2D eigenvalue weighted by atomic mass is 16.5. The summed E-state index contributed by atoms with van der Waals surface area (Å²) in [7, 11) is 1.63. The third-order valence-electron chi connectivity index (χ3n) is 5.25. The lowest BCUT2D eigenvalue weighted by atomic mass is 9.97. The van der Waals surface area contributed by atoms with Crippen molar-refractivity contribution in [3.05, 3.63) is 65.8 Å². The molecule has 0 fully saturated rings. The van der Waals surface area contributed by atoms with Crippen LogP contribution in [-0.4, -0.2) is 49.7 Å². The number of aliphatic hydroxyl groups excluding tert-OH is 1. The number of carbonyl (C=O) groups excluding carboxylic acids is 1. The van der Waals surface area contributed by atoms with Gasteiger partial charge in [0.05, 0.1) is 44.1 Å². The Morgan fingerprint density at radius 3 is 2.61 bits per heavy atom. The van der Waals surface area contributed by atoms with Crippen molar-refractivity contribution in [1.29, 1.82) is 0 Å². The quantitative estimate of drug-likeness (QED) is 0.380. The number of methoxy groups -OCH3 is 1. The van der Waals surface area contributed by atoms with Gasteiger partial charge < -0.3 is 24.1 Å². The summed E-state index contributed by atoms with van der Waals surface area (Å²) >= 11 is 0. The van der Waals surface area contributed by atoms with Gasteiger partial charge in [0.1, 0.15) is 12.4 Å². The lowest BCUT2D eigenvalue weighted by Gasteiger charge is -2.22. The van der Waals surface area contributed by atoms with Crippen LogP contribution < -0.4 is 4.74 Å². The van der Waals surface area contributed by atoms with Crippen molar-refractivity contribution in [2.24, 2.45) is 5.41 Å². The lowest BCUT2D eigenvalue weighted by Crippen LogP contribution is -2.27. The van der Waals surface area contributed by atoms with Gasteiger partial charge in [-0.25, -0.2) is 0 Å². The van der Waals surface area contributed by atoms with Crippen LogP contribution in [0.3, 0.4) is 0 Å². The normalized spacial score (nSPS) is 18.8. The van der Waals surface area contributed by atoms with Crippen LogP contribution in [0.4, 0.5) is 0 Å². The molecule has 0 bridgehead atoms. The maximum atomic E-state index is 11.9. The molecule has 0 spiro atoms. The van der Waals surface area contributed by atoms with Crippen LogP contribution >= 0.6 is 0 Å². The van der Waals surface area contributed by atoms with Crippen LogP contribution in [0.1, 0.15) is 46.1 Å². The minimum absolute atomic E-state index is 0.0424. The predicted octanol–water partition coefficient (Wildman–Crippen LogP) is 4.77. The topological polar surface area (TPSA) is 74.2 Å². The first-order valence-corrected chi connectivity index (χ1v) is 11.4. The van der Waals surface area contributed by atoms with Gasteiger partial charge >= 0.3 is 5.97 Å². The number of benzene rings is 1. The molecule has 182 valence electrons. The van der Waals surface area contributed by atoms with E-state index in [1.807, 2.05) is 57.2 Å². The molecule has 1 heterocycles. The average Bonchev–Trinajstić information content (AvgIpc) is 2.78. The molecule has 3 atom stereocenters. The third kappa shape index (κ3) is 9.95. The predicted molar refractivity (Wildman–Crippen MR) is 129 cm³/mol. The Morgan fingerprint density at radius 2 is 1.97 bits per heavy atom. The summed E-state index contributed by atoms with van der Waals surface area (Å²) in [5.41, 5.74) is 1.73. The highest BCUT2D eigenvalue weighted by Gasteiger charge is 2.22. The monoisotopic (exact) mass is 458 g/mol. The maximum absolute atomic E-state index is 11.9. The van der Waals surface area contributed by atoms with Gasteiger partial charge in [0.25, 0.3) is 0 Å². The highest BCUT2D eigenvalue weighted by molar-refractivity contribution is 5.75. The van der Waals surface area contributed by atoms with Crippen LogP contribution in [0, 0.1) is 5.41 Å². The molecular weight excluding hydrogens is 420 g/mol. The molecule has 0 aliphatic carbocycles. The van der Waals surface area contributed by atoms with Gasteiger partial charge in [-0.3, -0.25) is 4.79 Å². The van der Waals surface area contributed by atoms with Gasteiger partial charge in [-0.2, -0.15) is 0 Å². The second kappa shape index (κ2) is 13.3. The number of hydrogen-bond donors (Lipinski definition) is 1. The fourth-order valence-corrected chi connectivity index (χ4v) is 3.13. The number of hydrogen-bond acceptors (Lipinski definition) is 6. The van der Waals surface area contributed by atoms with E-state index in [-0.39, 0.29) is 18.7 Å². The summed E-state index contributed by atoms with van der Waals surface area (Å²) < 4.78 is 22.2. The molecule has 0 radical (unpaired) electrons. The van der Waals surface area contributed by atoms with E-state index in [4.69, 9.17) is 18.9 Å². The van der Waals surface area contributed by atoms with Gasteiger partial charge in [0.2, 0.25) is 0 Å². The smallest absolute Gasteiger partial charge is 0.311 e. The molecular formula is C27H38O6. The molecule has 0 saturated carbocycles. The van der Waals surface area contributed by atoms with Crippen molar-refractivity contribution in [2.75, 3.05) is 20.3 Å². The number of ether oxygens (including phenoxy) is 4. The molecule has 33 heavy (non-hydrogen) atoms. The first-order valence-electron chi connectivity index (χ1n) is 11.4. The largest absolute Gasteiger partial charge is 0.497 e.